The number of nitrogens with zero attached hydrogens (tertiary/aromatic N) is 2. The summed E-state index contributed by atoms with van der Waals surface area (Å²) in [6.07, 6.45) is 6.22. The zero-order chi connectivity index (χ0) is 15.9. The predicted octanol–water partition coefficient (Wildman–Crippen LogP) is 3.89. The van der Waals surface area contributed by atoms with Crippen molar-refractivity contribution in [2.45, 2.75) is 38.1 Å². The quantitative estimate of drug-likeness (QED) is 0.831. The lowest BCUT2D eigenvalue weighted by atomic mass is 9.96. The minimum absolute atomic E-state index is 0.452. The second-order valence-electron chi connectivity index (χ2n) is 5.61. The fraction of sp³-hybridized carbons (Fsp3) is 0.353. The molecule has 3 rings (SSSR count). The molecule has 23 heavy (non-hydrogen) atoms. The monoisotopic (exact) mass is 328 g/mol. The molecule has 0 bridgehead atoms. The van der Waals surface area contributed by atoms with Crippen LogP contribution in [-0.4, -0.2) is 21.4 Å². The number of nitrogens with one attached hydrogen (secondary N) is 2. The van der Waals surface area contributed by atoms with Gasteiger partial charge in [0.15, 0.2) is 10.9 Å². The van der Waals surface area contributed by atoms with Gasteiger partial charge in [-0.25, -0.2) is 0 Å². The molecule has 1 aliphatic rings. The Morgan fingerprint density at radius 1 is 1.00 bits per heavy atom. The van der Waals surface area contributed by atoms with E-state index in [1.54, 1.807) is 12.1 Å². The van der Waals surface area contributed by atoms with Crippen LogP contribution >= 0.6 is 12.2 Å². The number of para-hydroxylation sites is 1. The summed E-state index contributed by atoms with van der Waals surface area (Å²) in [5, 5.41) is 15.2. The van der Waals surface area contributed by atoms with Gasteiger partial charge in [-0.3, -0.25) is 0 Å². The van der Waals surface area contributed by atoms with Crippen LogP contribution in [0.4, 0.5) is 5.82 Å². The van der Waals surface area contributed by atoms with Crippen LogP contribution < -0.4 is 15.4 Å². The third kappa shape index (κ3) is 4.89. The highest BCUT2D eigenvalue weighted by Gasteiger charge is 2.14. The van der Waals surface area contributed by atoms with Gasteiger partial charge >= 0.3 is 0 Å². The number of ether oxygens (including phenoxy) is 1. The van der Waals surface area contributed by atoms with E-state index in [0.29, 0.717) is 22.9 Å². The Morgan fingerprint density at radius 3 is 2.48 bits per heavy atom. The number of thiocarbonyl (C=S) groups is 1. The van der Waals surface area contributed by atoms with E-state index in [2.05, 4.69) is 20.8 Å². The molecule has 1 aromatic carbocycles. The van der Waals surface area contributed by atoms with Gasteiger partial charge < -0.3 is 15.4 Å². The zero-order valence-electron chi connectivity index (χ0n) is 12.9. The lowest BCUT2D eigenvalue weighted by molar-refractivity contribution is 0.414. The van der Waals surface area contributed by atoms with Gasteiger partial charge in [0.05, 0.1) is 0 Å². The summed E-state index contributed by atoms with van der Waals surface area (Å²) in [6, 6.07) is 13.5. The van der Waals surface area contributed by atoms with Crippen molar-refractivity contribution < 1.29 is 4.74 Å². The van der Waals surface area contributed by atoms with E-state index in [0.717, 1.165) is 5.75 Å². The molecule has 6 heteroatoms. The number of hydrogen-bond donors (Lipinski definition) is 2. The van der Waals surface area contributed by atoms with E-state index < -0.39 is 0 Å². The van der Waals surface area contributed by atoms with E-state index in [1.165, 1.54) is 32.1 Å². The van der Waals surface area contributed by atoms with Crippen LogP contribution in [0, 0.1) is 0 Å². The van der Waals surface area contributed by atoms with Crippen LogP contribution in [0.1, 0.15) is 32.1 Å². The van der Waals surface area contributed by atoms with Crippen molar-refractivity contribution in [3.05, 3.63) is 42.5 Å². The Bertz CT molecular complexity index is 627. The molecule has 0 amide bonds. The van der Waals surface area contributed by atoms with Gasteiger partial charge in [-0.15, -0.1) is 10.2 Å². The van der Waals surface area contributed by atoms with Gasteiger partial charge in [-0.1, -0.05) is 37.5 Å². The first-order chi connectivity index (χ1) is 11.3. The molecule has 5 nitrogen and oxygen atoms in total. The van der Waals surface area contributed by atoms with Gasteiger partial charge in [0.1, 0.15) is 5.75 Å². The van der Waals surface area contributed by atoms with Crippen LogP contribution in [0.25, 0.3) is 0 Å². The third-order valence-corrected chi connectivity index (χ3v) is 4.01. The fourth-order valence-corrected chi connectivity index (χ4v) is 2.91. The largest absolute Gasteiger partial charge is 0.438 e. The fourth-order valence-electron chi connectivity index (χ4n) is 2.64. The molecule has 1 aliphatic carbocycles. The number of anilines is 1. The first kappa shape index (κ1) is 15.7. The maximum Gasteiger partial charge on any atom is 0.238 e. The normalized spacial score (nSPS) is 15.0. The van der Waals surface area contributed by atoms with Crippen LogP contribution in [0.2, 0.25) is 0 Å². The minimum atomic E-state index is 0.452. The molecule has 1 fully saturated rings. The summed E-state index contributed by atoms with van der Waals surface area (Å²) in [7, 11) is 0. The molecular weight excluding hydrogens is 308 g/mol. The summed E-state index contributed by atoms with van der Waals surface area (Å²) in [5.74, 6) is 1.80. The molecule has 2 aromatic rings. The Balaban J connectivity index is 1.51. The van der Waals surface area contributed by atoms with Gasteiger partial charge in [-0.05, 0) is 43.3 Å². The third-order valence-electron chi connectivity index (χ3n) is 3.79. The summed E-state index contributed by atoms with van der Waals surface area (Å²) < 4.78 is 5.61. The van der Waals surface area contributed by atoms with E-state index in [1.807, 2.05) is 30.3 Å². The van der Waals surface area contributed by atoms with Crippen LogP contribution in [0.5, 0.6) is 11.6 Å². The van der Waals surface area contributed by atoms with E-state index in [-0.39, 0.29) is 0 Å². The van der Waals surface area contributed by atoms with Crippen molar-refractivity contribution in [1.29, 1.82) is 0 Å². The highest BCUT2D eigenvalue weighted by molar-refractivity contribution is 7.80. The zero-order valence-corrected chi connectivity index (χ0v) is 13.7. The summed E-state index contributed by atoms with van der Waals surface area (Å²) in [4.78, 5) is 0. The van der Waals surface area contributed by atoms with E-state index in [9.17, 15) is 0 Å². The van der Waals surface area contributed by atoms with E-state index in [4.69, 9.17) is 17.0 Å². The van der Waals surface area contributed by atoms with Crippen LogP contribution in [0.3, 0.4) is 0 Å². The Labute approximate surface area is 141 Å². The maximum absolute atomic E-state index is 5.61. The number of hydrogen-bond acceptors (Lipinski definition) is 4. The Morgan fingerprint density at radius 2 is 1.78 bits per heavy atom. The van der Waals surface area contributed by atoms with Gasteiger partial charge in [0, 0.05) is 12.1 Å². The Hall–Kier alpha value is -2.21. The molecule has 0 aliphatic heterocycles. The molecule has 0 radical (unpaired) electrons. The van der Waals surface area contributed by atoms with Gasteiger partial charge in [-0.2, -0.15) is 0 Å². The van der Waals surface area contributed by atoms with Crippen molar-refractivity contribution in [2.24, 2.45) is 0 Å². The van der Waals surface area contributed by atoms with Gasteiger partial charge in [0.25, 0.3) is 0 Å². The first-order valence-corrected chi connectivity index (χ1v) is 8.34. The van der Waals surface area contributed by atoms with Crippen LogP contribution in [0.15, 0.2) is 42.5 Å². The lowest BCUT2D eigenvalue weighted by Gasteiger charge is -2.24. The average molecular weight is 328 g/mol. The van der Waals surface area contributed by atoms with Crippen LogP contribution in [-0.2, 0) is 0 Å². The molecule has 1 aromatic heterocycles. The van der Waals surface area contributed by atoms with Gasteiger partial charge in [0.2, 0.25) is 5.88 Å². The standard InChI is InChI=1S/C17H20N4OS/c23-17(18-13-7-3-1-4-8-13)19-15-11-12-16(21-20-15)22-14-9-5-2-6-10-14/h2,5-6,9-13H,1,3-4,7-8H2,(H2,18,19,20,23). The number of aromatic nitrogens is 2. The molecule has 0 unspecified atom stereocenters. The minimum Gasteiger partial charge on any atom is -0.438 e. The second-order valence-corrected chi connectivity index (χ2v) is 6.01. The lowest BCUT2D eigenvalue weighted by Crippen LogP contribution is -2.39. The summed E-state index contributed by atoms with van der Waals surface area (Å²) >= 11 is 5.33. The summed E-state index contributed by atoms with van der Waals surface area (Å²) in [6.45, 7) is 0. The molecule has 1 saturated carbocycles. The Kier molecular flexibility index (Phi) is 5.37. The second kappa shape index (κ2) is 7.87. The highest BCUT2D eigenvalue weighted by atomic mass is 32.1. The number of benzene rings is 1. The van der Waals surface area contributed by atoms with Crippen molar-refractivity contribution in [1.82, 2.24) is 15.5 Å². The number of rotatable bonds is 4. The molecule has 0 spiro atoms. The molecule has 120 valence electrons. The van der Waals surface area contributed by atoms with Crippen molar-refractivity contribution >= 4 is 23.1 Å². The highest BCUT2D eigenvalue weighted by Crippen LogP contribution is 2.19. The maximum atomic E-state index is 5.61. The molecule has 1 heterocycles. The van der Waals surface area contributed by atoms with Crippen molar-refractivity contribution in [3.8, 4) is 11.6 Å². The smallest absolute Gasteiger partial charge is 0.238 e. The first-order valence-electron chi connectivity index (χ1n) is 7.94. The molecular formula is C17H20N4OS. The average Bonchev–Trinajstić information content (AvgIpc) is 2.58. The van der Waals surface area contributed by atoms with Crippen molar-refractivity contribution in [3.63, 3.8) is 0 Å². The van der Waals surface area contributed by atoms with E-state index >= 15 is 0 Å². The van der Waals surface area contributed by atoms with Crippen molar-refractivity contribution in [2.75, 3.05) is 5.32 Å². The summed E-state index contributed by atoms with van der Waals surface area (Å²) in [5.41, 5.74) is 0. The SMILES string of the molecule is S=C(Nc1ccc(Oc2ccccc2)nn1)NC1CCCCC1. The predicted molar refractivity (Wildman–Crippen MR) is 94.8 cm³/mol. The molecule has 0 saturated heterocycles. The topological polar surface area (TPSA) is 59.1 Å². The molecule has 0 atom stereocenters. The molecule has 2 N–H and O–H groups in total.